The highest BCUT2D eigenvalue weighted by atomic mass is 16.5. The average Bonchev–Trinajstić information content (AvgIpc) is 2.82. The van der Waals surface area contributed by atoms with Gasteiger partial charge in [0.15, 0.2) is 0 Å². The Morgan fingerprint density at radius 1 is 0.906 bits per heavy atom. The van der Waals surface area contributed by atoms with E-state index in [1.807, 2.05) is 54.6 Å². The number of carbonyl (C=O) groups is 2. The maximum absolute atomic E-state index is 12.8. The number of hydrogen-bond acceptors (Lipinski definition) is 4. The van der Waals surface area contributed by atoms with Gasteiger partial charge in [0, 0.05) is 30.5 Å². The van der Waals surface area contributed by atoms with Crippen LogP contribution >= 0.6 is 0 Å². The van der Waals surface area contributed by atoms with Gasteiger partial charge in [0.1, 0.15) is 5.75 Å². The van der Waals surface area contributed by atoms with E-state index < -0.39 is 0 Å². The van der Waals surface area contributed by atoms with E-state index in [4.69, 9.17) is 4.74 Å². The molecule has 0 aliphatic rings. The molecule has 3 rings (SSSR count). The summed E-state index contributed by atoms with van der Waals surface area (Å²) in [7, 11) is 1.77. The molecule has 0 fully saturated rings. The van der Waals surface area contributed by atoms with Gasteiger partial charge in [-0.25, -0.2) is 0 Å². The third-order valence-corrected chi connectivity index (χ3v) is 4.78. The van der Waals surface area contributed by atoms with Crippen LogP contribution in [0.2, 0.25) is 0 Å². The number of nitrogens with one attached hydrogen (secondary N) is 2. The highest BCUT2D eigenvalue weighted by Gasteiger charge is 2.13. The first-order valence-electron chi connectivity index (χ1n) is 10.7. The van der Waals surface area contributed by atoms with E-state index in [0.717, 1.165) is 23.4 Å². The van der Waals surface area contributed by atoms with E-state index in [2.05, 4.69) is 17.6 Å². The van der Waals surface area contributed by atoms with Gasteiger partial charge in [-0.2, -0.15) is 0 Å². The van der Waals surface area contributed by atoms with E-state index in [1.54, 1.807) is 36.2 Å². The van der Waals surface area contributed by atoms with Crippen LogP contribution in [0.25, 0.3) is 0 Å². The molecule has 0 saturated carbocycles. The van der Waals surface area contributed by atoms with Crippen molar-refractivity contribution in [2.45, 2.75) is 19.9 Å². The van der Waals surface area contributed by atoms with Gasteiger partial charge in [-0.1, -0.05) is 43.3 Å². The smallest absolute Gasteiger partial charge is 0.253 e. The van der Waals surface area contributed by atoms with Crippen LogP contribution in [0.4, 0.5) is 11.4 Å². The minimum Gasteiger partial charge on any atom is -0.494 e. The molecule has 32 heavy (non-hydrogen) atoms. The number of ether oxygens (including phenoxy) is 1. The Kier molecular flexibility index (Phi) is 8.26. The third-order valence-electron chi connectivity index (χ3n) is 4.78. The van der Waals surface area contributed by atoms with Crippen LogP contribution in [0.1, 0.15) is 29.3 Å². The third kappa shape index (κ3) is 6.87. The Morgan fingerprint density at radius 3 is 2.38 bits per heavy atom. The van der Waals surface area contributed by atoms with E-state index in [-0.39, 0.29) is 18.4 Å². The maximum atomic E-state index is 12.8. The van der Waals surface area contributed by atoms with Crippen LogP contribution in [-0.4, -0.2) is 36.9 Å². The molecule has 2 N–H and O–H groups in total. The zero-order valence-corrected chi connectivity index (χ0v) is 18.5. The van der Waals surface area contributed by atoms with Gasteiger partial charge in [-0.15, -0.1) is 0 Å². The topological polar surface area (TPSA) is 70.7 Å². The van der Waals surface area contributed by atoms with Crippen molar-refractivity contribution in [3.8, 4) is 5.75 Å². The molecule has 166 valence electrons. The Morgan fingerprint density at radius 2 is 1.66 bits per heavy atom. The molecule has 0 aliphatic carbocycles. The monoisotopic (exact) mass is 431 g/mol. The normalized spacial score (nSPS) is 10.3. The van der Waals surface area contributed by atoms with Crippen molar-refractivity contribution in [2.75, 3.05) is 30.8 Å². The lowest BCUT2D eigenvalue weighted by atomic mass is 10.1. The molecule has 2 amide bonds. The largest absolute Gasteiger partial charge is 0.494 e. The molecule has 0 atom stereocenters. The van der Waals surface area contributed by atoms with Crippen molar-refractivity contribution < 1.29 is 14.3 Å². The summed E-state index contributed by atoms with van der Waals surface area (Å²) in [5.41, 5.74) is 3.00. The molecule has 0 aromatic heterocycles. The Hall–Kier alpha value is -3.80. The van der Waals surface area contributed by atoms with Crippen molar-refractivity contribution >= 4 is 23.2 Å². The van der Waals surface area contributed by atoms with E-state index in [1.165, 1.54) is 0 Å². The number of benzene rings is 3. The molecule has 6 heteroatoms. The highest BCUT2D eigenvalue weighted by molar-refractivity contribution is 5.98. The standard InChI is InChI=1S/C26H29N3O3/c1-3-16-32-24-14-12-22(13-15-24)27-18-25(30)28-23-11-7-10-21(17-23)26(31)29(2)19-20-8-5-4-6-9-20/h4-15,17,27H,3,16,18-19H2,1-2H3,(H,28,30). The van der Waals surface area contributed by atoms with Crippen LogP contribution in [0.15, 0.2) is 78.9 Å². The summed E-state index contributed by atoms with van der Waals surface area (Å²) in [6.07, 6.45) is 0.955. The zero-order chi connectivity index (χ0) is 22.8. The Balaban J connectivity index is 1.52. The van der Waals surface area contributed by atoms with E-state index in [0.29, 0.717) is 24.4 Å². The lowest BCUT2D eigenvalue weighted by Crippen LogP contribution is -2.26. The fourth-order valence-corrected chi connectivity index (χ4v) is 3.16. The van der Waals surface area contributed by atoms with E-state index >= 15 is 0 Å². The molecular formula is C26H29N3O3. The number of anilines is 2. The predicted molar refractivity (Wildman–Crippen MR) is 128 cm³/mol. The Labute approximate surface area is 189 Å². The van der Waals surface area contributed by atoms with Crippen molar-refractivity contribution in [3.05, 3.63) is 90.0 Å². The molecule has 0 aliphatic heterocycles. The van der Waals surface area contributed by atoms with Crippen molar-refractivity contribution in [1.29, 1.82) is 0 Å². The fourth-order valence-electron chi connectivity index (χ4n) is 3.16. The molecule has 0 saturated heterocycles. The lowest BCUT2D eigenvalue weighted by Gasteiger charge is -2.18. The van der Waals surface area contributed by atoms with Crippen LogP contribution in [0.3, 0.4) is 0 Å². The average molecular weight is 432 g/mol. The summed E-state index contributed by atoms with van der Waals surface area (Å²) in [4.78, 5) is 26.8. The second-order valence-corrected chi connectivity index (χ2v) is 7.50. The molecule has 3 aromatic rings. The molecule has 6 nitrogen and oxygen atoms in total. The molecular weight excluding hydrogens is 402 g/mol. The summed E-state index contributed by atoms with van der Waals surface area (Å²) in [5.74, 6) is 0.507. The number of amides is 2. The summed E-state index contributed by atoms with van der Waals surface area (Å²) in [5, 5.41) is 5.93. The van der Waals surface area contributed by atoms with Crippen molar-refractivity contribution in [3.63, 3.8) is 0 Å². The predicted octanol–water partition coefficient (Wildman–Crippen LogP) is 4.80. The van der Waals surface area contributed by atoms with Crippen molar-refractivity contribution in [2.24, 2.45) is 0 Å². The molecule has 0 bridgehead atoms. The first-order valence-corrected chi connectivity index (χ1v) is 10.7. The Bertz CT molecular complexity index is 1020. The van der Waals surface area contributed by atoms with Gasteiger partial charge >= 0.3 is 0 Å². The van der Waals surface area contributed by atoms with E-state index in [9.17, 15) is 9.59 Å². The summed E-state index contributed by atoms with van der Waals surface area (Å²) < 4.78 is 5.56. The number of carbonyl (C=O) groups excluding carboxylic acids is 2. The van der Waals surface area contributed by atoms with Crippen molar-refractivity contribution in [1.82, 2.24) is 4.90 Å². The van der Waals surface area contributed by atoms with Crippen LogP contribution in [-0.2, 0) is 11.3 Å². The minimum atomic E-state index is -0.196. The number of rotatable bonds is 10. The van der Waals surface area contributed by atoms with Gasteiger partial charge in [0.2, 0.25) is 5.91 Å². The minimum absolute atomic E-state index is 0.103. The second kappa shape index (κ2) is 11.6. The van der Waals surface area contributed by atoms with Crippen LogP contribution in [0.5, 0.6) is 5.75 Å². The highest BCUT2D eigenvalue weighted by Crippen LogP contribution is 2.16. The molecule has 0 heterocycles. The van der Waals surface area contributed by atoms with Crippen LogP contribution in [0, 0.1) is 0 Å². The number of hydrogen-bond donors (Lipinski definition) is 2. The lowest BCUT2D eigenvalue weighted by molar-refractivity contribution is -0.114. The second-order valence-electron chi connectivity index (χ2n) is 7.50. The van der Waals surface area contributed by atoms with Gasteiger partial charge in [-0.3, -0.25) is 9.59 Å². The quantitative estimate of drug-likeness (QED) is 0.484. The van der Waals surface area contributed by atoms with Gasteiger partial charge in [-0.05, 0) is 54.4 Å². The summed E-state index contributed by atoms with van der Waals surface area (Å²) >= 11 is 0. The van der Waals surface area contributed by atoms with Crippen LogP contribution < -0.4 is 15.4 Å². The van der Waals surface area contributed by atoms with Gasteiger partial charge in [0.05, 0.1) is 13.2 Å². The zero-order valence-electron chi connectivity index (χ0n) is 18.5. The number of nitrogens with zero attached hydrogens (tertiary/aromatic N) is 1. The SMILES string of the molecule is CCCOc1ccc(NCC(=O)Nc2cccc(C(=O)N(C)Cc3ccccc3)c2)cc1. The molecule has 0 spiro atoms. The maximum Gasteiger partial charge on any atom is 0.253 e. The summed E-state index contributed by atoms with van der Waals surface area (Å²) in [6, 6.07) is 24.3. The van der Waals surface area contributed by atoms with Gasteiger partial charge < -0.3 is 20.3 Å². The first-order chi connectivity index (χ1) is 15.5. The summed E-state index contributed by atoms with van der Waals surface area (Å²) in [6.45, 7) is 3.37. The molecule has 0 radical (unpaired) electrons. The molecule has 0 unspecified atom stereocenters. The first kappa shape index (κ1) is 22.9. The molecule has 3 aromatic carbocycles. The van der Waals surface area contributed by atoms with Gasteiger partial charge in [0.25, 0.3) is 5.91 Å². The fraction of sp³-hybridized carbons (Fsp3) is 0.231.